The molecule has 6 aromatic heterocycles. The lowest BCUT2D eigenvalue weighted by atomic mass is 10.0. The molecule has 0 bridgehead atoms. The zero-order chi connectivity index (χ0) is 63.0. The average molecular weight is 1230 g/mol. The van der Waals surface area contributed by atoms with Crippen LogP contribution in [0.5, 0.6) is 0 Å². The standard InChI is InChI=1S/C48H30N2O.C42H26N2O/c1-2-12-31(13-3-1)35-14-4-8-18-42(35)50-44-20-10-6-16-37(44)40-29-33(23-26-46(40)50)32-22-25-45-39(28-32)36-15-5-9-19-43(36)49(45)34-24-27-48-41(30-34)38-17-7-11-21-47(38)51-48;1-2-10-29(11-3-1)43-37-15-7-4-12-31(37)35-24-27(18-22-39(35)43)28-19-23-40-36(25-28)32-13-5-8-16-38(32)44(40)30-20-21-34-33-14-6-9-17-41(33)45-42(34)26-30/h1-30H;1-26H. The molecular formula is C90H56N4O2. The zero-order valence-electron chi connectivity index (χ0n) is 51.9. The molecule has 0 radical (unpaired) electrons. The summed E-state index contributed by atoms with van der Waals surface area (Å²) in [7, 11) is 0. The number of para-hydroxylation sites is 8. The lowest BCUT2D eigenvalue weighted by Crippen LogP contribution is -1.97. The number of fused-ring (bicyclic) bond motifs is 18. The normalized spacial score (nSPS) is 12.0. The number of benzene rings is 15. The van der Waals surface area contributed by atoms with Crippen LogP contribution in [0, 0.1) is 0 Å². The molecule has 21 rings (SSSR count). The second-order valence-corrected chi connectivity index (χ2v) is 25.1. The van der Waals surface area contributed by atoms with E-state index in [-0.39, 0.29) is 0 Å². The van der Waals surface area contributed by atoms with E-state index in [1.165, 1.54) is 132 Å². The fourth-order valence-electron chi connectivity index (χ4n) is 15.5. The molecule has 0 amide bonds. The molecule has 0 N–H and O–H groups in total. The predicted molar refractivity (Wildman–Crippen MR) is 401 cm³/mol. The molecular weight excluding hydrogens is 1170 g/mol. The van der Waals surface area contributed by atoms with Crippen LogP contribution in [0.3, 0.4) is 0 Å². The lowest BCUT2D eigenvalue weighted by Gasteiger charge is -2.14. The largest absolute Gasteiger partial charge is 0.456 e. The van der Waals surface area contributed by atoms with Gasteiger partial charge in [0.2, 0.25) is 0 Å². The number of rotatable bonds is 7. The highest BCUT2D eigenvalue weighted by atomic mass is 16.3. The highest BCUT2D eigenvalue weighted by molar-refractivity contribution is 6.16. The van der Waals surface area contributed by atoms with E-state index in [2.05, 4.69) is 334 Å². The van der Waals surface area contributed by atoms with E-state index in [9.17, 15) is 0 Å². The molecule has 6 heteroatoms. The molecule has 6 nitrogen and oxygen atoms in total. The summed E-state index contributed by atoms with van der Waals surface area (Å²) >= 11 is 0. The van der Waals surface area contributed by atoms with E-state index in [0.29, 0.717) is 0 Å². The van der Waals surface area contributed by atoms with Crippen molar-refractivity contribution in [2.45, 2.75) is 0 Å². The van der Waals surface area contributed by atoms with E-state index in [1.54, 1.807) is 0 Å². The summed E-state index contributed by atoms with van der Waals surface area (Å²) in [5.74, 6) is 0. The summed E-state index contributed by atoms with van der Waals surface area (Å²) in [6.45, 7) is 0. The molecule has 0 fully saturated rings. The highest BCUT2D eigenvalue weighted by Gasteiger charge is 2.21. The SMILES string of the molecule is c1ccc(-c2ccccc2-n2c3ccccc3c3cc(-c4ccc5c(c4)c4ccccc4n5-c4ccc5oc6ccccc6c5c4)ccc32)cc1.c1ccc(-n2c3ccccc3c3cc(-c4ccc5c(c4)c4ccccc4n5-c4ccc5c(c4)oc4ccccc45)ccc32)cc1. The van der Waals surface area contributed by atoms with Crippen LogP contribution in [0.2, 0.25) is 0 Å². The Bertz CT molecular complexity index is 6710. The van der Waals surface area contributed by atoms with Crippen molar-refractivity contribution in [3.05, 3.63) is 340 Å². The van der Waals surface area contributed by atoms with Crippen LogP contribution < -0.4 is 0 Å². The van der Waals surface area contributed by atoms with Gasteiger partial charge in [-0.25, -0.2) is 0 Å². The molecule has 0 saturated heterocycles. The first-order chi connectivity index (χ1) is 47.6. The molecule has 96 heavy (non-hydrogen) atoms. The second-order valence-electron chi connectivity index (χ2n) is 25.1. The van der Waals surface area contributed by atoms with Crippen LogP contribution in [-0.2, 0) is 0 Å². The van der Waals surface area contributed by atoms with Gasteiger partial charge in [0, 0.05) is 93.3 Å². The van der Waals surface area contributed by atoms with Crippen LogP contribution in [-0.4, -0.2) is 18.3 Å². The molecule has 21 aromatic rings. The van der Waals surface area contributed by atoms with Gasteiger partial charge in [-0.15, -0.1) is 0 Å². The fraction of sp³-hybridized carbons (Fsp3) is 0. The molecule has 0 aliphatic rings. The fourth-order valence-corrected chi connectivity index (χ4v) is 15.5. The van der Waals surface area contributed by atoms with E-state index in [0.717, 1.165) is 55.3 Å². The first-order valence-electron chi connectivity index (χ1n) is 32.8. The summed E-state index contributed by atoms with van der Waals surface area (Å²) in [5.41, 5.74) is 25.0. The van der Waals surface area contributed by atoms with Gasteiger partial charge in [-0.1, -0.05) is 200 Å². The minimum atomic E-state index is 0.902. The first kappa shape index (κ1) is 53.7. The monoisotopic (exact) mass is 1220 g/mol. The van der Waals surface area contributed by atoms with E-state index in [1.807, 2.05) is 24.3 Å². The smallest absolute Gasteiger partial charge is 0.137 e. The van der Waals surface area contributed by atoms with Crippen LogP contribution in [0.4, 0.5) is 0 Å². The zero-order valence-corrected chi connectivity index (χ0v) is 51.9. The molecule has 0 unspecified atom stereocenters. The Morgan fingerprint density at radius 1 is 0.167 bits per heavy atom. The van der Waals surface area contributed by atoms with E-state index in [4.69, 9.17) is 8.83 Å². The van der Waals surface area contributed by atoms with Crippen molar-refractivity contribution in [2.75, 3.05) is 0 Å². The molecule has 0 atom stereocenters. The van der Waals surface area contributed by atoms with Gasteiger partial charge in [0.25, 0.3) is 0 Å². The Kier molecular flexibility index (Phi) is 11.9. The van der Waals surface area contributed by atoms with Crippen molar-refractivity contribution < 1.29 is 8.83 Å². The summed E-state index contributed by atoms with van der Waals surface area (Å²) in [5, 5.41) is 14.5. The molecule has 0 spiro atoms. The van der Waals surface area contributed by atoms with Crippen molar-refractivity contribution in [3.63, 3.8) is 0 Å². The van der Waals surface area contributed by atoms with Crippen molar-refractivity contribution >= 4 is 131 Å². The number of furan rings is 2. The molecule has 0 saturated carbocycles. The lowest BCUT2D eigenvalue weighted by molar-refractivity contribution is 0.668. The highest BCUT2D eigenvalue weighted by Crippen LogP contribution is 2.43. The van der Waals surface area contributed by atoms with Gasteiger partial charge in [0.05, 0.1) is 49.8 Å². The van der Waals surface area contributed by atoms with Gasteiger partial charge in [0.15, 0.2) is 0 Å². The Balaban J connectivity index is 0.000000132. The van der Waals surface area contributed by atoms with Gasteiger partial charge in [-0.2, -0.15) is 0 Å². The van der Waals surface area contributed by atoms with Gasteiger partial charge in [-0.3, -0.25) is 0 Å². The summed E-state index contributed by atoms with van der Waals surface area (Å²) < 4.78 is 22.0. The molecule has 448 valence electrons. The minimum Gasteiger partial charge on any atom is -0.456 e. The summed E-state index contributed by atoms with van der Waals surface area (Å²) in [6, 6.07) is 122. The third-order valence-electron chi connectivity index (χ3n) is 19.8. The van der Waals surface area contributed by atoms with Crippen LogP contribution in [0.25, 0.3) is 187 Å². The Morgan fingerprint density at radius 3 is 1.03 bits per heavy atom. The first-order valence-corrected chi connectivity index (χ1v) is 32.8. The number of nitrogens with zero attached hydrogens (tertiary/aromatic N) is 4. The number of aromatic nitrogens is 4. The summed E-state index contributed by atoms with van der Waals surface area (Å²) in [6.07, 6.45) is 0. The van der Waals surface area contributed by atoms with Crippen LogP contribution >= 0.6 is 0 Å². The van der Waals surface area contributed by atoms with Crippen molar-refractivity contribution in [1.82, 2.24) is 18.3 Å². The van der Waals surface area contributed by atoms with Crippen molar-refractivity contribution in [1.29, 1.82) is 0 Å². The van der Waals surface area contributed by atoms with Crippen molar-refractivity contribution in [2.24, 2.45) is 0 Å². The maximum absolute atomic E-state index is 6.27. The van der Waals surface area contributed by atoms with E-state index < -0.39 is 0 Å². The Morgan fingerprint density at radius 2 is 0.510 bits per heavy atom. The molecule has 0 aliphatic heterocycles. The van der Waals surface area contributed by atoms with Gasteiger partial charge >= 0.3 is 0 Å². The van der Waals surface area contributed by atoms with Crippen LogP contribution in [0.15, 0.2) is 349 Å². The van der Waals surface area contributed by atoms with Gasteiger partial charge in [-0.05, 0) is 161 Å². The maximum atomic E-state index is 6.27. The predicted octanol–water partition coefficient (Wildman–Crippen LogP) is 24.6. The third-order valence-corrected chi connectivity index (χ3v) is 19.8. The maximum Gasteiger partial charge on any atom is 0.137 e. The number of hydrogen-bond acceptors (Lipinski definition) is 2. The average Bonchev–Trinajstić information content (AvgIpc) is 1.59. The molecule has 15 aromatic carbocycles. The van der Waals surface area contributed by atoms with Gasteiger partial charge < -0.3 is 27.1 Å². The van der Waals surface area contributed by atoms with Gasteiger partial charge in [0.1, 0.15) is 22.3 Å². The molecule has 0 aliphatic carbocycles. The molecule has 6 heterocycles. The number of hydrogen-bond donors (Lipinski definition) is 0. The third kappa shape index (κ3) is 8.32. The van der Waals surface area contributed by atoms with Crippen LogP contribution in [0.1, 0.15) is 0 Å². The Labute approximate surface area is 550 Å². The van der Waals surface area contributed by atoms with E-state index >= 15 is 0 Å². The topological polar surface area (TPSA) is 46.0 Å². The quantitative estimate of drug-likeness (QED) is 0.160. The Hall–Kier alpha value is -12.9. The summed E-state index contributed by atoms with van der Waals surface area (Å²) in [4.78, 5) is 0. The minimum absolute atomic E-state index is 0.902. The van der Waals surface area contributed by atoms with Crippen molar-refractivity contribution in [3.8, 4) is 56.1 Å². The second kappa shape index (κ2) is 21.3.